The third-order valence-corrected chi connectivity index (χ3v) is 2.69. The maximum atomic E-state index is 11.3. The minimum Gasteiger partial charge on any atom is -0.484 e. The van der Waals surface area contributed by atoms with Crippen molar-refractivity contribution in [2.24, 2.45) is 0 Å². The summed E-state index contributed by atoms with van der Waals surface area (Å²) in [5, 5.41) is 2.70. The highest BCUT2D eigenvalue weighted by Crippen LogP contribution is 2.23. The third kappa shape index (κ3) is 3.85. The van der Waals surface area contributed by atoms with Crippen LogP contribution in [0.1, 0.15) is 6.92 Å². The Morgan fingerprint density at radius 1 is 1.05 bits per heavy atom. The summed E-state index contributed by atoms with van der Waals surface area (Å²) >= 11 is 0. The molecule has 2 rings (SSSR count). The highest BCUT2D eigenvalue weighted by molar-refractivity contribution is 5.77. The van der Waals surface area contributed by atoms with E-state index in [9.17, 15) is 4.79 Å². The number of benzene rings is 2. The van der Waals surface area contributed by atoms with Crippen LogP contribution >= 0.6 is 0 Å². The predicted octanol–water partition coefficient (Wildman–Crippen LogP) is 2.87. The smallest absolute Gasteiger partial charge is 0.257 e. The van der Waals surface area contributed by atoms with Crippen LogP contribution in [0, 0.1) is 0 Å². The van der Waals surface area contributed by atoms with Gasteiger partial charge in [-0.3, -0.25) is 4.79 Å². The molecule has 0 fully saturated rings. The van der Waals surface area contributed by atoms with Gasteiger partial charge in [0.15, 0.2) is 6.61 Å². The first-order valence-corrected chi connectivity index (χ1v) is 6.34. The zero-order chi connectivity index (χ0) is 13.5. The second-order valence-electron chi connectivity index (χ2n) is 4.14. The summed E-state index contributed by atoms with van der Waals surface area (Å²) in [6, 6.07) is 17.8. The molecule has 3 heteroatoms. The molecule has 2 aromatic rings. The molecular formula is C16H17NO2. The molecule has 0 atom stereocenters. The van der Waals surface area contributed by atoms with Crippen molar-refractivity contribution in [2.75, 3.05) is 13.2 Å². The van der Waals surface area contributed by atoms with E-state index in [1.807, 2.05) is 61.5 Å². The van der Waals surface area contributed by atoms with Crippen molar-refractivity contribution in [3.05, 3.63) is 54.6 Å². The largest absolute Gasteiger partial charge is 0.484 e. The average molecular weight is 255 g/mol. The van der Waals surface area contributed by atoms with Gasteiger partial charge in [0.05, 0.1) is 0 Å². The van der Waals surface area contributed by atoms with Crippen LogP contribution in [0.3, 0.4) is 0 Å². The molecule has 2 aromatic carbocycles. The number of carbonyl (C=O) groups excluding carboxylic acids is 1. The number of hydrogen-bond donors (Lipinski definition) is 1. The van der Waals surface area contributed by atoms with Gasteiger partial charge < -0.3 is 10.1 Å². The van der Waals surface area contributed by atoms with Crippen LogP contribution in [-0.4, -0.2) is 19.1 Å². The highest BCUT2D eigenvalue weighted by Gasteiger charge is 2.02. The lowest BCUT2D eigenvalue weighted by molar-refractivity contribution is -0.122. The van der Waals surface area contributed by atoms with Crippen molar-refractivity contribution in [1.29, 1.82) is 0 Å². The fourth-order valence-electron chi connectivity index (χ4n) is 1.79. The molecular weight excluding hydrogens is 238 g/mol. The molecule has 0 aliphatic rings. The summed E-state index contributed by atoms with van der Waals surface area (Å²) in [6.07, 6.45) is 0. The maximum Gasteiger partial charge on any atom is 0.257 e. The number of carbonyl (C=O) groups is 1. The van der Waals surface area contributed by atoms with Gasteiger partial charge in [-0.25, -0.2) is 0 Å². The fraction of sp³-hybridized carbons (Fsp3) is 0.188. The molecule has 19 heavy (non-hydrogen) atoms. The van der Waals surface area contributed by atoms with E-state index in [4.69, 9.17) is 4.74 Å². The molecule has 0 heterocycles. The Bertz CT molecular complexity index is 537. The van der Waals surface area contributed by atoms with E-state index in [1.165, 1.54) is 0 Å². The molecule has 0 saturated heterocycles. The first kappa shape index (κ1) is 13.1. The number of amides is 1. The lowest BCUT2D eigenvalue weighted by Crippen LogP contribution is -2.28. The first-order chi connectivity index (χ1) is 9.29. The Hall–Kier alpha value is -2.29. The van der Waals surface area contributed by atoms with Gasteiger partial charge in [-0.2, -0.15) is 0 Å². The number of nitrogens with one attached hydrogen (secondary N) is 1. The third-order valence-electron chi connectivity index (χ3n) is 2.69. The summed E-state index contributed by atoms with van der Waals surface area (Å²) < 4.78 is 5.47. The van der Waals surface area contributed by atoms with Gasteiger partial charge in [-0.1, -0.05) is 42.5 Å². The normalized spacial score (nSPS) is 9.95. The van der Waals surface area contributed by atoms with E-state index in [0.717, 1.165) is 11.1 Å². The molecule has 0 aliphatic carbocycles. The van der Waals surface area contributed by atoms with Gasteiger partial charge in [-0.15, -0.1) is 0 Å². The van der Waals surface area contributed by atoms with Crippen molar-refractivity contribution in [3.8, 4) is 16.9 Å². The molecule has 0 unspecified atom stereocenters. The quantitative estimate of drug-likeness (QED) is 0.892. The van der Waals surface area contributed by atoms with E-state index >= 15 is 0 Å². The van der Waals surface area contributed by atoms with E-state index in [-0.39, 0.29) is 12.5 Å². The summed E-state index contributed by atoms with van der Waals surface area (Å²) in [4.78, 5) is 11.3. The van der Waals surface area contributed by atoms with Gasteiger partial charge in [0, 0.05) is 6.54 Å². The Morgan fingerprint density at radius 2 is 1.79 bits per heavy atom. The number of ether oxygens (including phenoxy) is 1. The van der Waals surface area contributed by atoms with Crippen molar-refractivity contribution in [2.45, 2.75) is 6.92 Å². The standard InChI is InChI=1S/C16H17NO2/c1-2-17-16(18)12-19-15-10-6-9-14(11-15)13-7-4-3-5-8-13/h3-11H,2,12H2,1H3,(H,17,18). The molecule has 0 spiro atoms. The van der Waals surface area contributed by atoms with Crippen molar-refractivity contribution < 1.29 is 9.53 Å². The molecule has 0 aromatic heterocycles. The molecule has 0 bridgehead atoms. The van der Waals surface area contributed by atoms with Gasteiger partial charge in [0.1, 0.15) is 5.75 Å². The van der Waals surface area contributed by atoms with Gasteiger partial charge in [-0.05, 0) is 30.2 Å². The Labute approximate surface area is 113 Å². The summed E-state index contributed by atoms with van der Waals surface area (Å²) in [5.74, 6) is 0.597. The van der Waals surface area contributed by atoms with Gasteiger partial charge in [0.2, 0.25) is 0 Å². The SMILES string of the molecule is CCNC(=O)COc1cccc(-c2ccccc2)c1. The van der Waals surface area contributed by atoms with Crippen LogP contribution in [0.25, 0.3) is 11.1 Å². The fourth-order valence-corrected chi connectivity index (χ4v) is 1.79. The lowest BCUT2D eigenvalue weighted by Gasteiger charge is -2.08. The lowest BCUT2D eigenvalue weighted by atomic mass is 10.1. The van der Waals surface area contributed by atoms with Crippen molar-refractivity contribution in [1.82, 2.24) is 5.32 Å². The number of rotatable bonds is 5. The van der Waals surface area contributed by atoms with Crippen LogP contribution in [0.2, 0.25) is 0 Å². The van der Waals surface area contributed by atoms with Crippen molar-refractivity contribution >= 4 is 5.91 Å². The van der Waals surface area contributed by atoms with Crippen molar-refractivity contribution in [3.63, 3.8) is 0 Å². The monoisotopic (exact) mass is 255 g/mol. The Morgan fingerprint density at radius 3 is 2.53 bits per heavy atom. The Kier molecular flexibility index (Phi) is 4.56. The second-order valence-corrected chi connectivity index (χ2v) is 4.14. The van der Waals surface area contributed by atoms with Crippen LogP contribution in [0.5, 0.6) is 5.75 Å². The molecule has 0 aliphatic heterocycles. The minimum atomic E-state index is -0.104. The zero-order valence-corrected chi connectivity index (χ0v) is 10.9. The van der Waals surface area contributed by atoms with E-state index in [0.29, 0.717) is 12.3 Å². The Balaban J connectivity index is 2.06. The van der Waals surface area contributed by atoms with Gasteiger partial charge >= 0.3 is 0 Å². The van der Waals surface area contributed by atoms with E-state index < -0.39 is 0 Å². The summed E-state index contributed by atoms with van der Waals surface area (Å²) in [6.45, 7) is 2.55. The van der Waals surface area contributed by atoms with Crippen LogP contribution < -0.4 is 10.1 Å². The van der Waals surface area contributed by atoms with Crippen LogP contribution in [-0.2, 0) is 4.79 Å². The molecule has 98 valence electrons. The molecule has 3 nitrogen and oxygen atoms in total. The summed E-state index contributed by atoms with van der Waals surface area (Å²) in [5.41, 5.74) is 2.21. The zero-order valence-electron chi connectivity index (χ0n) is 10.9. The van der Waals surface area contributed by atoms with E-state index in [1.54, 1.807) is 0 Å². The summed E-state index contributed by atoms with van der Waals surface area (Å²) in [7, 11) is 0. The van der Waals surface area contributed by atoms with Crippen LogP contribution in [0.4, 0.5) is 0 Å². The highest BCUT2D eigenvalue weighted by atomic mass is 16.5. The van der Waals surface area contributed by atoms with Gasteiger partial charge in [0.25, 0.3) is 5.91 Å². The molecule has 0 saturated carbocycles. The minimum absolute atomic E-state index is 0.0477. The topological polar surface area (TPSA) is 38.3 Å². The molecule has 1 amide bonds. The predicted molar refractivity (Wildman–Crippen MR) is 76.1 cm³/mol. The van der Waals surface area contributed by atoms with E-state index in [2.05, 4.69) is 5.32 Å². The number of hydrogen-bond acceptors (Lipinski definition) is 2. The second kappa shape index (κ2) is 6.59. The molecule has 0 radical (unpaired) electrons. The van der Waals surface area contributed by atoms with Crippen LogP contribution in [0.15, 0.2) is 54.6 Å². The average Bonchev–Trinajstić information content (AvgIpc) is 2.47. The molecule has 1 N–H and O–H groups in total. The number of likely N-dealkylation sites (N-methyl/N-ethyl adjacent to an activating group) is 1. The maximum absolute atomic E-state index is 11.3. The first-order valence-electron chi connectivity index (χ1n) is 6.34.